The first-order chi connectivity index (χ1) is 13.7. The Kier molecular flexibility index (Phi) is 9.31. The van der Waals surface area contributed by atoms with Crippen LogP contribution in [0.5, 0.6) is 0 Å². The van der Waals surface area contributed by atoms with E-state index in [1.165, 1.54) is 0 Å². The first kappa shape index (κ1) is 23.6. The zero-order valence-electron chi connectivity index (χ0n) is 17.1. The van der Waals surface area contributed by atoms with Crippen LogP contribution < -0.4 is 10.6 Å². The molecule has 9 heteroatoms. The van der Waals surface area contributed by atoms with E-state index in [0.717, 1.165) is 55.7 Å². The molecule has 3 rings (SSSR count). The number of ether oxygens (including phenoxy) is 1. The van der Waals surface area contributed by atoms with Crippen LogP contribution in [0.25, 0.3) is 5.82 Å². The molecule has 2 aromatic rings. The third-order valence-corrected chi connectivity index (χ3v) is 5.10. The minimum atomic E-state index is -0.0171. The summed E-state index contributed by atoms with van der Waals surface area (Å²) in [4.78, 5) is 13.4. The van der Waals surface area contributed by atoms with Crippen molar-refractivity contribution in [2.45, 2.75) is 33.2 Å². The highest BCUT2D eigenvalue weighted by Crippen LogP contribution is 2.31. The van der Waals surface area contributed by atoms with Crippen LogP contribution in [0.3, 0.4) is 0 Å². The first-order valence-electron chi connectivity index (χ1n) is 9.82. The van der Waals surface area contributed by atoms with Gasteiger partial charge < -0.3 is 20.5 Å². The molecule has 1 atom stereocenters. The minimum Gasteiger partial charge on any atom is -0.396 e. The summed E-state index contributed by atoms with van der Waals surface area (Å²) in [5.74, 6) is 2.52. The van der Waals surface area contributed by atoms with Crippen molar-refractivity contribution in [2.24, 2.45) is 10.4 Å². The number of halogens is 1. The van der Waals surface area contributed by atoms with E-state index >= 15 is 0 Å². The molecular formula is C20H31IN6O2. The number of aryl methyl sites for hydroxylation is 1. The number of aromatic nitrogens is 3. The van der Waals surface area contributed by atoms with E-state index in [2.05, 4.69) is 25.6 Å². The van der Waals surface area contributed by atoms with Crippen molar-refractivity contribution in [1.82, 2.24) is 25.2 Å². The molecule has 0 aromatic carbocycles. The lowest BCUT2D eigenvalue weighted by atomic mass is 9.84. The van der Waals surface area contributed by atoms with Crippen molar-refractivity contribution in [3.63, 3.8) is 0 Å². The molecular weight excluding hydrogens is 483 g/mol. The van der Waals surface area contributed by atoms with E-state index in [9.17, 15) is 5.11 Å². The highest BCUT2D eigenvalue weighted by atomic mass is 127. The number of rotatable bonds is 8. The average Bonchev–Trinajstić information content (AvgIpc) is 3.34. The van der Waals surface area contributed by atoms with Crippen molar-refractivity contribution in [3.05, 3.63) is 42.1 Å². The van der Waals surface area contributed by atoms with Gasteiger partial charge in [0.2, 0.25) is 0 Å². The van der Waals surface area contributed by atoms with Crippen LogP contribution in [0.2, 0.25) is 0 Å². The van der Waals surface area contributed by atoms with E-state index in [0.29, 0.717) is 13.2 Å². The van der Waals surface area contributed by atoms with Gasteiger partial charge in [-0.2, -0.15) is 0 Å². The van der Waals surface area contributed by atoms with Gasteiger partial charge >= 0.3 is 0 Å². The fraction of sp³-hybridized carbons (Fsp3) is 0.550. The average molecular weight is 514 g/mol. The molecule has 29 heavy (non-hydrogen) atoms. The minimum absolute atomic E-state index is 0. The smallest absolute Gasteiger partial charge is 0.191 e. The molecule has 1 saturated heterocycles. The van der Waals surface area contributed by atoms with Crippen LogP contribution in [0.4, 0.5) is 0 Å². The van der Waals surface area contributed by atoms with Crippen LogP contribution >= 0.6 is 24.0 Å². The van der Waals surface area contributed by atoms with Gasteiger partial charge in [-0.3, -0.25) is 4.57 Å². The summed E-state index contributed by atoms with van der Waals surface area (Å²) < 4.78 is 7.51. The van der Waals surface area contributed by atoms with Crippen molar-refractivity contribution >= 4 is 29.9 Å². The molecule has 1 aliphatic rings. The first-order valence-corrected chi connectivity index (χ1v) is 9.82. The summed E-state index contributed by atoms with van der Waals surface area (Å²) in [5, 5.41) is 16.1. The zero-order valence-corrected chi connectivity index (χ0v) is 19.4. The standard InChI is InChI=1S/C20H30N6O2.HI/c1-3-21-19(25-14-20(6-10-27)7-11-28-15-20)24-13-17-4-5-18(23-12-17)26-9-8-22-16(26)2;/h4-5,8-9,12,27H,3,6-7,10-11,13-15H2,1-2H3,(H2,21,24,25);1H. The maximum atomic E-state index is 9.38. The molecule has 160 valence electrons. The molecule has 0 saturated carbocycles. The molecule has 0 aliphatic carbocycles. The Labute approximate surface area is 189 Å². The lowest BCUT2D eigenvalue weighted by Crippen LogP contribution is -2.44. The Morgan fingerprint density at radius 2 is 2.21 bits per heavy atom. The van der Waals surface area contributed by atoms with Crippen LogP contribution in [0.1, 0.15) is 31.2 Å². The van der Waals surface area contributed by atoms with Gasteiger partial charge in [0, 0.05) is 50.3 Å². The van der Waals surface area contributed by atoms with E-state index in [-0.39, 0.29) is 36.0 Å². The summed E-state index contributed by atoms with van der Waals surface area (Å²) in [5.41, 5.74) is 1.02. The lowest BCUT2D eigenvalue weighted by Gasteiger charge is -2.27. The molecule has 3 heterocycles. The van der Waals surface area contributed by atoms with E-state index in [1.54, 1.807) is 6.20 Å². The number of nitrogens with one attached hydrogen (secondary N) is 2. The number of nitrogens with zero attached hydrogens (tertiary/aromatic N) is 4. The topological polar surface area (TPSA) is 96.6 Å². The number of aliphatic hydroxyl groups is 1. The molecule has 8 nitrogen and oxygen atoms in total. The summed E-state index contributed by atoms with van der Waals surface area (Å²) in [6, 6.07) is 4.01. The second-order valence-corrected chi connectivity index (χ2v) is 7.19. The largest absolute Gasteiger partial charge is 0.396 e. The predicted molar refractivity (Wildman–Crippen MR) is 124 cm³/mol. The Hall–Kier alpha value is -1.72. The third kappa shape index (κ3) is 6.38. The summed E-state index contributed by atoms with van der Waals surface area (Å²) in [6.07, 6.45) is 7.21. The molecule has 0 radical (unpaired) electrons. The van der Waals surface area contributed by atoms with E-state index < -0.39 is 0 Å². The predicted octanol–water partition coefficient (Wildman–Crippen LogP) is 2.04. The number of aliphatic imine (C=N–C) groups is 1. The van der Waals surface area contributed by atoms with Crippen molar-refractivity contribution in [1.29, 1.82) is 0 Å². The Morgan fingerprint density at radius 1 is 1.34 bits per heavy atom. The Balaban J connectivity index is 0.00000300. The SMILES string of the molecule is CCNC(=NCc1ccc(-n2ccnc2C)nc1)NCC1(CCO)CCOC1.I. The number of aliphatic hydroxyl groups excluding tert-OH is 1. The highest BCUT2D eigenvalue weighted by molar-refractivity contribution is 14.0. The molecule has 0 amide bonds. The molecule has 0 bridgehead atoms. The van der Waals surface area contributed by atoms with E-state index in [4.69, 9.17) is 4.74 Å². The van der Waals surface area contributed by atoms with Crippen LogP contribution in [-0.4, -0.2) is 58.5 Å². The van der Waals surface area contributed by atoms with Gasteiger partial charge in [-0.1, -0.05) is 6.07 Å². The summed E-state index contributed by atoms with van der Waals surface area (Å²) >= 11 is 0. The summed E-state index contributed by atoms with van der Waals surface area (Å²) in [7, 11) is 0. The molecule has 1 unspecified atom stereocenters. The van der Waals surface area contributed by atoms with Crippen molar-refractivity contribution < 1.29 is 9.84 Å². The number of guanidine groups is 1. The normalized spacial score (nSPS) is 19.1. The van der Waals surface area contributed by atoms with E-state index in [1.807, 2.05) is 42.9 Å². The maximum Gasteiger partial charge on any atom is 0.191 e. The van der Waals surface area contributed by atoms with Gasteiger partial charge in [0.05, 0.1) is 13.2 Å². The van der Waals surface area contributed by atoms with Gasteiger partial charge in [0.1, 0.15) is 11.6 Å². The molecule has 1 aliphatic heterocycles. The van der Waals surface area contributed by atoms with Crippen LogP contribution in [0, 0.1) is 12.3 Å². The molecule has 1 fully saturated rings. The molecule has 2 aromatic heterocycles. The third-order valence-electron chi connectivity index (χ3n) is 5.10. The van der Waals surface area contributed by atoms with Crippen LogP contribution in [-0.2, 0) is 11.3 Å². The number of hydrogen-bond acceptors (Lipinski definition) is 5. The second-order valence-electron chi connectivity index (χ2n) is 7.19. The zero-order chi connectivity index (χ0) is 19.8. The van der Waals surface area contributed by atoms with Gasteiger partial charge in [-0.15, -0.1) is 24.0 Å². The quantitative estimate of drug-likeness (QED) is 0.284. The number of imidazole rings is 1. The summed E-state index contributed by atoms with van der Waals surface area (Å²) in [6.45, 7) is 7.66. The number of pyridine rings is 1. The maximum absolute atomic E-state index is 9.38. The van der Waals surface area contributed by atoms with Gasteiger partial charge in [0.25, 0.3) is 0 Å². The van der Waals surface area contributed by atoms with Crippen molar-refractivity contribution in [3.8, 4) is 5.82 Å². The van der Waals surface area contributed by atoms with Crippen molar-refractivity contribution in [2.75, 3.05) is 32.9 Å². The monoisotopic (exact) mass is 514 g/mol. The van der Waals surface area contributed by atoms with Crippen LogP contribution in [0.15, 0.2) is 35.7 Å². The highest BCUT2D eigenvalue weighted by Gasteiger charge is 2.34. The fourth-order valence-corrected chi connectivity index (χ4v) is 3.37. The van der Waals surface area contributed by atoms with Gasteiger partial charge in [-0.25, -0.2) is 15.0 Å². The molecule has 3 N–H and O–H groups in total. The lowest BCUT2D eigenvalue weighted by molar-refractivity contribution is 0.127. The Morgan fingerprint density at radius 3 is 2.79 bits per heavy atom. The number of hydrogen-bond donors (Lipinski definition) is 3. The second kappa shape index (κ2) is 11.5. The Bertz CT molecular complexity index is 772. The fourth-order valence-electron chi connectivity index (χ4n) is 3.37. The molecule has 0 spiro atoms. The van der Waals surface area contributed by atoms with Gasteiger partial charge in [-0.05, 0) is 38.3 Å². The van der Waals surface area contributed by atoms with Gasteiger partial charge in [0.15, 0.2) is 5.96 Å².